The standard InChI is InChI=1S/C18H20N4O6/c1-12-3-5-13(6-4-12)19-15(24)9-21(2)16(25)11-28-17(26)10-22-8-7-14(23)20-18(22)27/h3-8H,9-11H2,1-2H3,(H,19,24)(H,20,23,27). The highest BCUT2D eigenvalue weighted by atomic mass is 16.5. The lowest BCUT2D eigenvalue weighted by Crippen LogP contribution is -2.38. The van der Waals surface area contributed by atoms with Crippen molar-refractivity contribution < 1.29 is 19.1 Å². The van der Waals surface area contributed by atoms with Gasteiger partial charge in [0.25, 0.3) is 11.5 Å². The van der Waals surface area contributed by atoms with Gasteiger partial charge in [-0.25, -0.2) is 4.79 Å². The number of likely N-dealkylation sites (N-methyl/N-ethyl adjacent to an activating group) is 1. The minimum Gasteiger partial charge on any atom is -0.454 e. The highest BCUT2D eigenvalue weighted by molar-refractivity contribution is 5.94. The SMILES string of the molecule is Cc1ccc(NC(=O)CN(C)C(=O)COC(=O)Cn2ccc(=O)[nH]c2=O)cc1. The van der Waals surface area contributed by atoms with Gasteiger partial charge >= 0.3 is 11.7 Å². The zero-order chi connectivity index (χ0) is 20.7. The van der Waals surface area contributed by atoms with Gasteiger partial charge in [-0.3, -0.25) is 28.7 Å². The number of rotatable bonds is 7. The molecule has 2 aromatic rings. The third-order valence-electron chi connectivity index (χ3n) is 3.69. The highest BCUT2D eigenvalue weighted by Crippen LogP contribution is 2.08. The predicted molar refractivity (Wildman–Crippen MR) is 99.7 cm³/mol. The van der Waals surface area contributed by atoms with Crippen molar-refractivity contribution in [1.29, 1.82) is 0 Å². The van der Waals surface area contributed by atoms with E-state index in [1.54, 1.807) is 12.1 Å². The van der Waals surface area contributed by atoms with Crippen LogP contribution in [0.25, 0.3) is 0 Å². The lowest BCUT2D eigenvalue weighted by atomic mass is 10.2. The van der Waals surface area contributed by atoms with Gasteiger partial charge < -0.3 is 15.0 Å². The number of aromatic amines is 1. The molecular weight excluding hydrogens is 368 g/mol. The summed E-state index contributed by atoms with van der Waals surface area (Å²) in [5.74, 6) is -1.81. The molecule has 148 valence electrons. The van der Waals surface area contributed by atoms with Gasteiger partial charge in [-0.05, 0) is 19.1 Å². The first-order valence-corrected chi connectivity index (χ1v) is 8.30. The van der Waals surface area contributed by atoms with Gasteiger partial charge in [0, 0.05) is 25.0 Å². The van der Waals surface area contributed by atoms with Crippen molar-refractivity contribution in [3.8, 4) is 0 Å². The van der Waals surface area contributed by atoms with Crippen LogP contribution in [-0.4, -0.2) is 52.4 Å². The monoisotopic (exact) mass is 388 g/mol. The minimum atomic E-state index is -0.833. The van der Waals surface area contributed by atoms with Crippen molar-refractivity contribution in [3.63, 3.8) is 0 Å². The molecule has 0 radical (unpaired) electrons. The van der Waals surface area contributed by atoms with Crippen LogP contribution in [0.3, 0.4) is 0 Å². The molecule has 1 heterocycles. The average Bonchev–Trinajstić information content (AvgIpc) is 2.63. The first kappa shape index (κ1) is 20.6. The molecule has 0 spiro atoms. The van der Waals surface area contributed by atoms with Crippen LogP contribution >= 0.6 is 0 Å². The summed E-state index contributed by atoms with van der Waals surface area (Å²) in [5, 5.41) is 2.66. The number of hydrogen-bond donors (Lipinski definition) is 2. The van der Waals surface area contributed by atoms with E-state index in [1.165, 1.54) is 7.05 Å². The van der Waals surface area contributed by atoms with Crippen LogP contribution < -0.4 is 16.6 Å². The Morgan fingerprint density at radius 3 is 2.46 bits per heavy atom. The van der Waals surface area contributed by atoms with Crippen molar-refractivity contribution in [2.24, 2.45) is 0 Å². The Balaban J connectivity index is 1.78. The summed E-state index contributed by atoms with van der Waals surface area (Å²) >= 11 is 0. The fourth-order valence-electron chi connectivity index (χ4n) is 2.15. The molecule has 2 amide bonds. The maximum absolute atomic E-state index is 12.0. The zero-order valence-corrected chi connectivity index (χ0v) is 15.4. The van der Waals surface area contributed by atoms with Crippen LogP contribution in [0, 0.1) is 6.92 Å². The molecule has 2 N–H and O–H groups in total. The molecule has 2 rings (SSSR count). The molecule has 0 aliphatic rings. The van der Waals surface area contributed by atoms with Crippen LogP contribution in [0.15, 0.2) is 46.1 Å². The largest absolute Gasteiger partial charge is 0.454 e. The summed E-state index contributed by atoms with van der Waals surface area (Å²) in [6.45, 7) is 0.669. The van der Waals surface area contributed by atoms with E-state index in [9.17, 15) is 24.0 Å². The van der Waals surface area contributed by atoms with E-state index in [0.717, 1.165) is 27.3 Å². The lowest BCUT2D eigenvalue weighted by molar-refractivity contribution is -0.152. The van der Waals surface area contributed by atoms with E-state index in [1.807, 2.05) is 24.0 Å². The number of anilines is 1. The number of aryl methyl sites for hydroxylation is 1. The molecule has 0 saturated heterocycles. The summed E-state index contributed by atoms with van der Waals surface area (Å²) in [6, 6.07) is 8.26. The number of ether oxygens (including phenoxy) is 1. The van der Waals surface area contributed by atoms with Gasteiger partial charge in [0.2, 0.25) is 5.91 Å². The van der Waals surface area contributed by atoms with E-state index in [2.05, 4.69) is 5.32 Å². The maximum Gasteiger partial charge on any atom is 0.328 e. The van der Waals surface area contributed by atoms with Crippen LogP contribution in [0.4, 0.5) is 5.69 Å². The number of benzene rings is 1. The second-order valence-electron chi connectivity index (χ2n) is 6.06. The Bertz CT molecular complexity index is 977. The molecule has 0 aliphatic carbocycles. The molecular formula is C18H20N4O6. The maximum atomic E-state index is 12.0. The van der Waals surface area contributed by atoms with Gasteiger partial charge in [-0.15, -0.1) is 0 Å². The predicted octanol–water partition coefficient (Wildman–Crippen LogP) is -0.515. The number of H-pyrrole nitrogens is 1. The van der Waals surface area contributed by atoms with E-state index in [4.69, 9.17) is 4.74 Å². The Morgan fingerprint density at radius 1 is 1.14 bits per heavy atom. The smallest absolute Gasteiger partial charge is 0.328 e. The Hall–Kier alpha value is -3.69. The number of aromatic nitrogens is 2. The van der Waals surface area contributed by atoms with Crippen LogP contribution in [0.1, 0.15) is 5.56 Å². The Morgan fingerprint density at radius 2 is 1.82 bits per heavy atom. The topological polar surface area (TPSA) is 131 Å². The quantitative estimate of drug-likeness (QED) is 0.614. The van der Waals surface area contributed by atoms with Gasteiger partial charge in [-0.1, -0.05) is 17.7 Å². The Kier molecular flexibility index (Phi) is 6.85. The number of carbonyl (C=O) groups excluding carboxylic acids is 3. The molecule has 0 unspecified atom stereocenters. The normalized spacial score (nSPS) is 10.2. The van der Waals surface area contributed by atoms with E-state index in [-0.39, 0.29) is 6.54 Å². The molecule has 1 aromatic carbocycles. The first-order chi connectivity index (χ1) is 13.2. The Labute approximate surface area is 159 Å². The average molecular weight is 388 g/mol. The third kappa shape index (κ3) is 6.24. The van der Waals surface area contributed by atoms with Gasteiger partial charge in [0.05, 0.1) is 6.54 Å². The minimum absolute atomic E-state index is 0.219. The molecule has 0 saturated carbocycles. The molecule has 10 heteroatoms. The first-order valence-electron chi connectivity index (χ1n) is 8.30. The van der Waals surface area contributed by atoms with Gasteiger partial charge in [-0.2, -0.15) is 0 Å². The zero-order valence-electron chi connectivity index (χ0n) is 15.4. The van der Waals surface area contributed by atoms with Crippen LogP contribution in [0.5, 0.6) is 0 Å². The van der Waals surface area contributed by atoms with Crippen LogP contribution in [0.2, 0.25) is 0 Å². The lowest BCUT2D eigenvalue weighted by Gasteiger charge is -2.17. The number of nitrogens with zero attached hydrogens (tertiary/aromatic N) is 2. The van der Waals surface area contributed by atoms with Gasteiger partial charge in [0.1, 0.15) is 6.54 Å². The molecule has 0 bridgehead atoms. The fourth-order valence-corrected chi connectivity index (χ4v) is 2.15. The summed E-state index contributed by atoms with van der Waals surface area (Å²) < 4.78 is 5.75. The van der Waals surface area contributed by atoms with E-state index in [0.29, 0.717) is 5.69 Å². The van der Waals surface area contributed by atoms with Crippen molar-refractivity contribution >= 4 is 23.5 Å². The van der Waals surface area contributed by atoms with Crippen molar-refractivity contribution in [3.05, 3.63) is 62.9 Å². The summed E-state index contributed by atoms with van der Waals surface area (Å²) in [4.78, 5) is 61.3. The van der Waals surface area contributed by atoms with Crippen molar-refractivity contribution in [1.82, 2.24) is 14.5 Å². The summed E-state index contributed by atoms with van der Waals surface area (Å²) in [6.07, 6.45) is 1.14. The molecule has 10 nitrogen and oxygen atoms in total. The number of nitrogens with one attached hydrogen (secondary N) is 2. The van der Waals surface area contributed by atoms with Crippen molar-refractivity contribution in [2.45, 2.75) is 13.5 Å². The molecule has 0 atom stereocenters. The summed E-state index contributed by atoms with van der Waals surface area (Å²) in [5.41, 5.74) is 0.307. The van der Waals surface area contributed by atoms with Crippen molar-refractivity contribution in [2.75, 3.05) is 25.5 Å². The van der Waals surface area contributed by atoms with Crippen LogP contribution in [-0.2, 0) is 25.7 Å². The van der Waals surface area contributed by atoms with E-state index >= 15 is 0 Å². The fraction of sp³-hybridized carbons (Fsp3) is 0.278. The number of amides is 2. The molecule has 0 aliphatic heterocycles. The third-order valence-corrected chi connectivity index (χ3v) is 3.69. The number of carbonyl (C=O) groups is 3. The van der Waals surface area contributed by atoms with E-state index < -0.39 is 42.2 Å². The number of hydrogen-bond acceptors (Lipinski definition) is 6. The summed E-state index contributed by atoms with van der Waals surface area (Å²) in [7, 11) is 1.40. The molecule has 28 heavy (non-hydrogen) atoms. The highest BCUT2D eigenvalue weighted by Gasteiger charge is 2.16. The number of esters is 1. The second kappa shape index (κ2) is 9.31. The molecule has 0 fully saturated rings. The van der Waals surface area contributed by atoms with Gasteiger partial charge in [0.15, 0.2) is 6.61 Å². The second-order valence-corrected chi connectivity index (χ2v) is 6.06. The molecule has 1 aromatic heterocycles.